The minimum Gasteiger partial charge on any atom is -0.436 e. The second kappa shape index (κ2) is 3.69. The van der Waals surface area contributed by atoms with Crippen LogP contribution in [0.25, 0.3) is 0 Å². The van der Waals surface area contributed by atoms with Crippen molar-refractivity contribution < 1.29 is 4.74 Å². The first-order valence-corrected chi connectivity index (χ1v) is 3.99. The van der Waals surface area contributed by atoms with Gasteiger partial charge >= 0.3 is 0 Å². The zero-order chi connectivity index (χ0) is 9.80. The molecule has 2 heterocycles. The van der Waals surface area contributed by atoms with Gasteiger partial charge in [0.25, 0.3) is 0 Å². The molecule has 0 radical (unpaired) electrons. The highest BCUT2D eigenvalue weighted by molar-refractivity contribution is 5.36. The van der Waals surface area contributed by atoms with Gasteiger partial charge in [0.2, 0.25) is 5.88 Å². The minimum absolute atomic E-state index is 0.467. The van der Waals surface area contributed by atoms with Gasteiger partial charge in [-0.3, -0.25) is 0 Å². The maximum atomic E-state index is 5.48. The summed E-state index contributed by atoms with van der Waals surface area (Å²) in [5.41, 5.74) is 6.08. The van der Waals surface area contributed by atoms with Crippen LogP contribution in [0.5, 0.6) is 11.6 Å². The Balaban J connectivity index is 2.16. The maximum absolute atomic E-state index is 5.48. The van der Waals surface area contributed by atoms with Crippen LogP contribution >= 0.6 is 0 Å². The summed E-state index contributed by atoms with van der Waals surface area (Å²) in [7, 11) is 0. The fourth-order valence-corrected chi connectivity index (χ4v) is 0.911. The number of nitrogens with zero attached hydrogens (tertiary/aromatic N) is 3. The molecule has 2 rings (SSSR count). The highest BCUT2D eigenvalue weighted by atomic mass is 16.5. The highest BCUT2D eigenvalue weighted by Gasteiger charge is 1.97. The minimum atomic E-state index is 0.467. The van der Waals surface area contributed by atoms with Crippen LogP contribution in [0.2, 0.25) is 0 Å². The first-order valence-electron chi connectivity index (χ1n) is 3.99. The number of pyridine rings is 1. The van der Waals surface area contributed by atoms with E-state index >= 15 is 0 Å². The van der Waals surface area contributed by atoms with E-state index in [1.165, 1.54) is 12.5 Å². The van der Waals surface area contributed by atoms with Crippen molar-refractivity contribution in [3.05, 3.63) is 37.1 Å². The van der Waals surface area contributed by atoms with E-state index in [0.717, 1.165) is 0 Å². The van der Waals surface area contributed by atoms with Crippen molar-refractivity contribution >= 4 is 5.69 Å². The number of hydrogen-bond donors (Lipinski definition) is 1. The fraction of sp³-hybridized carbons (Fsp3) is 0. The molecular weight excluding hydrogens is 180 g/mol. The Morgan fingerprint density at radius 2 is 1.86 bits per heavy atom. The lowest BCUT2D eigenvalue weighted by atomic mass is 10.4. The van der Waals surface area contributed by atoms with Crippen molar-refractivity contribution in [1.29, 1.82) is 0 Å². The Hall–Kier alpha value is -2.17. The van der Waals surface area contributed by atoms with E-state index in [-0.39, 0.29) is 0 Å². The summed E-state index contributed by atoms with van der Waals surface area (Å²) >= 11 is 0. The molecule has 0 aromatic carbocycles. The van der Waals surface area contributed by atoms with Crippen molar-refractivity contribution in [2.24, 2.45) is 0 Å². The summed E-state index contributed by atoms with van der Waals surface area (Å²) in [6.45, 7) is 0. The van der Waals surface area contributed by atoms with Gasteiger partial charge in [-0.05, 0) is 6.07 Å². The molecule has 2 N–H and O–H groups in total. The normalized spacial score (nSPS) is 9.71. The van der Waals surface area contributed by atoms with E-state index in [4.69, 9.17) is 10.5 Å². The topological polar surface area (TPSA) is 73.9 Å². The van der Waals surface area contributed by atoms with Gasteiger partial charge in [0.15, 0.2) is 5.75 Å². The quantitative estimate of drug-likeness (QED) is 0.767. The van der Waals surface area contributed by atoms with Crippen molar-refractivity contribution in [2.75, 3.05) is 5.73 Å². The standard InChI is InChI=1S/C9H8N4O/c10-7-1-2-9(13-3-7)14-8-4-11-6-12-5-8/h1-6H,10H2. The second-order valence-electron chi connectivity index (χ2n) is 2.61. The van der Waals surface area contributed by atoms with E-state index in [2.05, 4.69) is 15.0 Å². The summed E-state index contributed by atoms with van der Waals surface area (Å²) in [5.74, 6) is 1.01. The number of anilines is 1. The van der Waals surface area contributed by atoms with Crippen molar-refractivity contribution in [3.63, 3.8) is 0 Å². The molecule has 0 bridgehead atoms. The predicted molar refractivity (Wildman–Crippen MR) is 50.8 cm³/mol. The second-order valence-corrected chi connectivity index (χ2v) is 2.61. The van der Waals surface area contributed by atoms with Crippen LogP contribution in [0.3, 0.4) is 0 Å². The van der Waals surface area contributed by atoms with Gasteiger partial charge in [0, 0.05) is 6.07 Å². The number of hydrogen-bond acceptors (Lipinski definition) is 5. The Labute approximate surface area is 80.6 Å². The molecule has 0 saturated heterocycles. The fourth-order valence-electron chi connectivity index (χ4n) is 0.911. The summed E-state index contributed by atoms with van der Waals surface area (Å²) in [6, 6.07) is 3.40. The van der Waals surface area contributed by atoms with Crippen LogP contribution in [-0.4, -0.2) is 15.0 Å². The molecule has 0 saturated carbocycles. The first-order chi connectivity index (χ1) is 6.84. The molecule has 2 aromatic heterocycles. The van der Waals surface area contributed by atoms with Crippen LogP contribution < -0.4 is 10.5 Å². The van der Waals surface area contributed by atoms with Crippen LogP contribution in [-0.2, 0) is 0 Å². The molecule has 0 unspecified atom stereocenters. The Morgan fingerprint density at radius 3 is 2.50 bits per heavy atom. The monoisotopic (exact) mass is 188 g/mol. The molecule has 0 aliphatic carbocycles. The van der Waals surface area contributed by atoms with Crippen molar-refractivity contribution in [1.82, 2.24) is 15.0 Å². The number of nitrogen functional groups attached to an aromatic ring is 1. The van der Waals surface area contributed by atoms with Gasteiger partial charge in [0.1, 0.15) is 6.33 Å². The first kappa shape index (κ1) is 8.43. The Morgan fingerprint density at radius 1 is 1.07 bits per heavy atom. The summed E-state index contributed by atoms with van der Waals surface area (Å²) < 4.78 is 5.34. The van der Waals surface area contributed by atoms with Crippen LogP contribution in [0, 0.1) is 0 Å². The number of rotatable bonds is 2. The smallest absolute Gasteiger partial charge is 0.219 e. The van der Waals surface area contributed by atoms with Crippen molar-refractivity contribution in [3.8, 4) is 11.6 Å². The Bertz CT molecular complexity index is 401. The van der Waals surface area contributed by atoms with Crippen LogP contribution in [0.15, 0.2) is 37.1 Å². The summed E-state index contributed by atoms with van der Waals surface area (Å²) in [4.78, 5) is 11.6. The van der Waals surface area contributed by atoms with E-state index in [1.54, 1.807) is 24.5 Å². The number of nitrogens with two attached hydrogens (primary N) is 1. The highest BCUT2D eigenvalue weighted by Crippen LogP contribution is 2.16. The molecule has 0 aliphatic rings. The lowest BCUT2D eigenvalue weighted by Crippen LogP contribution is -1.91. The molecule has 0 fully saturated rings. The van der Waals surface area contributed by atoms with E-state index in [9.17, 15) is 0 Å². The third-order valence-corrected chi connectivity index (χ3v) is 1.52. The van der Waals surface area contributed by atoms with Crippen LogP contribution in [0.1, 0.15) is 0 Å². The van der Waals surface area contributed by atoms with Gasteiger partial charge < -0.3 is 10.5 Å². The van der Waals surface area contributed by atoms with E-state index in [0.29, 0.717) is 17.3 Å². The SMILES string of the molecule is Nc1ccc(Oc2cncnc2)nc1. The maximum Gasteiger partial charge on any atom is 0.219 e. The lowest BCUT2D eigenvalue weighted by molar-refractivity contribution is 0.458. The van der Waals surface area contributed by atoms with Gasteiger partial charge in [0.05, 0.1) is 24.3 Å². The third-order valence-electron chi connectivity index (χ3n) is 1.52. The predicted octanol–water partition coefficient (Wildman–Crippen LogP) is 1.25. The molecule has 0 aliphatic heterocycles. The largest absolute Gasteiger partial charge is 0.436 e. The van der Waals surface area contributed by atoms with Gasteiger partial charge in [-0.15, -0.1) is 0 Å². The van der Waals surface area contributed by atoms with E-state index in [1.807, 2.05) is 0 Å². The summed E-state index contributed by atoms with van der Waals surface area (Å²) in [5, 5.41) is 0. The summed E-state index contributed by atoms with van der Waals surface area (Å²) in [6.07, 6.45) is 6.08. The van der Waals surface area contributed by atoms with Crippen LogP contribution in [0.4, 0.5) is 5.69 Å². The lowest BCUT2D eigenvalue weighted by Gasteiger charge is -2.02. The molecule has 5 nitrogen and oxygen atoms in total. The molecular formula is C9H8N4O. The zero-order valence-corrected chi connectivity index (χ0v) is 7.29. The molecule has 0 spiro atoms. The molecule has 70 valence electrons. The Kier molecular flexibility index (Phi) is 2.22. The van der Waals surface area contributed by atoms with Gasteiger partial charge in [-0.25, -0.2) is 15.0 Å². The van der Waals surface area contributed by atoms with E-state index < -0.39 is 0 Å². The zero-order valence-electron chi connectivity index (χ0n) is 7.29. The third kappa shape index (κ3) is 1.95. The number of ether oxygens (including phenoxy) is 1. The molecule has 14 heavy (non-hydrogen) atoms. The molecule has 0 atom stereocenters. The van der Waals surface area contributed by atoms with Crippen molar-refractivity contribution in [2.45, 2.75) is 0 Å². The van der Waals surface area contributed by atoms with Gasteiger partial charge in [-0.2, -0.15) is 0 Å². The molecule has 0 amide bonds. The molecule has 5 heteroatoms. The molecule has 2 aromatic rings. The number of aromatic nitrogens is 3. The van der Waals surface area contributed by atoms with Gasteiger partial charge in [-0.1, -0.05) is 0 Å². The average molecular weight is 188 g/mol. The average Bonchev–Trinajstić information content (AvgIpc) is 2.23.